The van der Waals surface area contributed by atoms with Crippen LogP contribution in [0.25, 0.3) is 0 Å². The lowest BCUT2D eigenvalue weighted by Crippen LogP contribution is -2.13. The zero-order valence-electron chi connectivity index (χ0n) is 8.52. The van der Waals surface area contributed by atoms with Gasteiger partial charge in [0.05, 0.1) is 12.1 Å². The Balaban J connectivity index is 2.13. The molecule has 0 aliphatic carbocycles. The fourth-order valence-corrected chi connectivity index (χ4v) is 1.42. The molecule has 2 aromatic rings. The van der Waals surface area contributed by atoms with Gasteiger partial charge in [-0.15, -0.1) is 0 Å². The van der Waals surface area contributed by atoms with Crippen LogP contribution in [-0.2, 0) is 6.54 Å². The highest BCUT2D eigenvalue weighted by Gasteiger charge is 2.06. The first kappa shape index (κ1) is 10.2. The summed E-state index contributed by atoms with van der Waals surface area (Å²) in [5.74, 6) is -0.454. The second-order valence-electron chi connectivity index (χ2n) is 3.32. The number of benzene rings is 1. The molecule has 0 atom stereocenters. The molecule has 0 saturated heterocycles. The van der Waals surface area contributed by atoms with Crippen molar-refractivity contribution in [2.75, 3.05) is 5.43 Å². The Morgan fingerprint density at radius 1 is 1.25 bits per heavy atom. The monoisotopic (exact) mass is 215 g/mol. The highest BCUT2D eigenvalue weighted by atomic mass is 19.1. The molecule has 1 N–H and O–H groups in total. The van der Waals surface area contributed by atoms with E-state index in [1.807, 2.05) is 30.6 Å². The smallest absolute Gasteiger partial charge is 0.145 e. The summed E-state index contributed by atoms with van der Waals surface area (Å²) < 4.78 is 15.4. The van der Waals surface area contributed by atoms with E-state index in [-0.39, 0.29) is 5.56 Å². The van der Waals surface area contributed by atoms with Crippen molar-refractivity contribution >= 4 is 0 Å². The molecule has 1 aromatic heterocycles. The predicted molar refractivity (Wildman–Crippen MR) is 58.6 cm³/mol. The normalized spacial score (nSPS) is 9.75. The van der Waals surface area contributed by atoms with Gasteiger partial charge in [-0.1, -0.05) is 12.1 Å². The number of aromatic nitrogens is 1. The van der Waals surface area contributed by atoms with Gasteiger partial charge in [-0.3, -0.25) is 4.68 Å². The van der Waals surface area contributed by atoms with Crippen molar-refractivity contribution in [2.24, 2.45) is 0 Å². The maximum atomic E-state index is 13.6. The molecule has 3 nitrogen and oxygen atoms in total. The van der Waals surface area contributed by atoms with Crippen LogP contribution in [0.1, 0.15) is 11.1 Å². The van der Waals surface area contributed by atoms with Crippen LogP contribution in [0.3, 0.4) is 0 Å². The molecule has 0 radical (unpaired) electrons. The first-order chi connectivity index (χ1) is 7.81. The molecule has 2 rings (SSSR count). The van der Waals surface area contributed by atoms with Gasteiger partial charge in [-0.2, -0.15) is 5.26 Å². The van der Waals surface area contributed by atoms with Crippen molar-refractivity contribution in [1.29, 1.82) is 5.26 Å². The van der Waals surface area contributed by atoms with Crippen LogP contribution in [0, 0.1) is 17.1 Å². The fraction of sp³-hybridized carbons (Fsp3) is 0.0833. The van der Waals surface area contributed by atoms with Crippen molar-refractivity contribution in [3.05, 3.63) is 59.7 Å². The van der Waals surface area contributed by atoms with E-state index in [0.717, 1.165) is 0 Å². The molecule has 0 spiro atoms. The molecular formula is C12H10FN3. The number of hydrogen-bond donors (Lipinski definition) is 1. The van der Waals surface area contributed by atoms with Gasteiger partial charge in [0.1, 0.15) is 11.9 Å². The van der Waals surface area contributed by atoms with E-state index < -0.39 is 5.82 Å². The van der Waals surface area contributed by atoms with Crippen molar-refractivity contribution in [3.8, 4) is 6.07 Å². The van der Waals surface area contributed by atoms with Gasteiger partial charge in [0.15, 0.2) is 0 Å². The van der Waals surface area contributed by atoms with Crippen LogP contribution >= 0.6 is 0 Å². The van der Waals surface area contributed by atoms with E-state index in [0.29, 0.717) is 12.1 Å². The van der Waals surface area contributed by atoms with Crippen LogP contribution < -0.4 is 5.43 Å². The predicted octanol–water partition coefficient (Wildman–Crippen LogP) is 2.24. The molecule has 1 aromatic carbocycles. The molecule has 0 fully saturated rings. The summed E-state index contributed by atoms with van der Waals surface area (Å²) in [4.78, 5) is 0. The molecule has 0 unspecified atom stereocenters. The molecular weight excluding hydrogens is 205 g/mol. The summed E-state index contributed by atoms with van der Waals surface area (Å²) in [6.07, 6.45) is 3.65. The Kier molecular flexibility index (Phi) is 2.88. The summed E-state index contributed by atoms with van der Waals surface area (Å²) in [5.41, 5.74) is 3.56. The average Bonchev–Trinajstić information content (AvgIpc) is 2.81. The maximum absolute atomic E-state index is 13.6. The molecule has 4 heteroatoms. The van der Waals surface area contributed by atoms with E-state index in [2.05, 4.69) is 5.43 Å². The number of hydrogen-bond acceptors (Lipinski definition) is 2. The largest absolute Gasteiger partial charge is 0.322 e. The Bertz CT molecular complexity index is 512. The standard InChI is InChI=1S/C12H10FN3/c13-12-10(8-14)4-3-5-11(12)9-15-16-6-1-2-7-16/h1-7,15H,9H2. The summed E-state index contributed by atoms with van der Waals surface area (Å²) in [7, 11) is 0. The number of nitrogens with one attached hydrogen (secondary N) is 1. The molecule has 0 aliphatic rings. The minimum Gasteiger partial charge on any atom is -0.322 e. The van der Waals surface area contributed by atoms with E-state index in [4.69, 9.17) is 5.26 Å². The van der Waals surface area contributed by atoms with Crippen molar-refractivity contribution < 1.29 is 4.39 Å². The number of rotatable bonds is 3. The quantitative estimate of drug-likeness (QED) is 0.853. The molecule has 0 bridgehead atoms. The Morgan fingerprint density at radius 3 is 2.69 bits per heavy atom. The zero-order chi connectivity index (χ0) is 11.4. The fourth-order valence-electron chi connectivity index (χ4n) is 1.42. The van der Waals surface area contributed by atoms with Crippen LogP contribution in [0.2, 0.25) is 0 Å². The van der Waals surface area contributed by atoms with Gasteiger partial charge >= 0.3 is 0 Å². The van der Waals surface area contributed by atoms with E-state index in [9.17, 15) is 4.39 Å². The van der Waals surface area contributed by atoms with Crippen molar-refractivity contribution in [3.63, 3.8) is 0 Å². The van der Waals surface area contributed by atoms with Gasteiger partial charge in [-0.25, -0.2) is 4.39 Å². The molecule has 0 amide bonds. The van der Waals surface area contributed by atoms with Crippen LogP contribution in [0.15, 0.2) is 42.7 Å². The van der Waals surface area contributed by atoms with Gasteiger partial charge in [0.25, 0.3) is 0 Å². The summed E-state index contributed by atoms with van der Waals surface area (Å²) in [5, 5.41) is 8.68. The van der Waals surface area contributed by atoms with E-state index in [1.165, 1.54) is 6.07 Å². The number of halogens is 1. The summed E-state index contributed by atoms with van der Waals surface area (Å²) >= 11 is 0. The van der Waals surface area contributed by atoms with Gasteiger partial charge in [0, 0.05) is 18.0 Å². The van der Waals surface area contributed by atoms with Crippen molar-refractivity contribution in [2.45, 2.75) is 6.54 Å². The average molecular weight is 215 g/mol. The lowest BCUT2D eigenvalue weighted by molar-refractivity contribution is 0.605. The highest BCUT2D eigenvalue weighted by molar-refractivity contribution is 5.35. The third-order valence-electron chi connectivity index (χ3n) is 2.26. The lowest BCUT2D eigenvalue weighted by atomic mass is 10.1. The third-order valence-corrected chi connectivity index (χ3v) is 2.26. The number of nitriles is 1. The Hall–Kier alpha value is -2.28. The van der Waals surface area contributed by atoms with Crippen LogP contribution in [-0.4, -0.2) is 4.68 Å². The third kappa shape index (κ3) is 2.04. The SMILES string of the molecule is N#Cc1cccc(CNn2cccc2)c1F. The maximum Gasteiger partial charge on any atom is 0.145 e. The molecule has 0 saturated carbocycles. The zero-order valence-corrected chi connectivity index (χ0v) is 8.52. The van der Waals surface area contributed by atoms with Gasteiger partial charge in [0.2, 0.25) is 0 Å². The number of nitrogens with zero attached hydrogens (tertiary/aromatic N) is 2. The Labute approximate surface area is 92.7 Å². The molecule has 16 heavy (non-hydrogen) atoms. The summed E-state index contributed by atoms with van der Waals surface area (Å²) in [6.45, 7) is 0.343. The van der Waals surface area contributed by atoms with Gasteiger partial charge < -0.3 is 5.43 Å². The van der Waals surface area contributed by atoms with Crippen LogP contribution in [0.5, 0.6) is 0 Å². The van der Waals surface area contributed by atoms with E-state index >= 15 is 0 Å². The second-order valence-corrected chi connectivity index (χ2v) is 3.32. The van der Waals surface area contributed by atoms with Gasteiger partial charge in [-0.05, 0) is 18.2 Å². The first-order valence-electron chi connectivity index (χ1n) is 4.85. The topological polar surface area (TPSA) is 40.8 Å². The minimum absolute atomic E-state index is 0.0757. The van der Waals surface area contributed by atoms with Crippen molar-refractivity contribution in [1.82, 2.24) is 4.68 Å². The minimum atomic E-state index is -0.454. The highest BCUT2D eigenvalue weighted by Crippen LogP contribution is 2.11. The first-order valence-corrected chi connectivity index (χ1v) is 4.85. The molecule has 0 aliphatic heterocycles. The molecule has 80 valence electrons. The molecule has 1 heterocycles. The summed E-state index contributed by atoms with van der Waals surface area (Å²) in [6, 6.07) is 10.4. The second kappa shape index (κ2) is 4.49. The lowest BCUT2D eigenvalue weighted by Gasteiger charge is -2.08. The van der Waals surface area contributed by atoms with Crippen LogP contribution in [0.4, 0.5) is 4.39 Å². The Morgan fingerprint density at radius 2 is 2.00 bits per heavy atom. The van der Waals surface area contributed by atoms with E-state index in [1.54, 1.807) is 16.8 Å².